The fourth-order valence-corrected chi connectivity index (χ4v) is 2.61. The monoisotopic (exact) mass is 263 g/mol. The van der Waals surface area contributed by atoms with E-state index in [0.29, 0.717) is 17.4 Å². The Balaban J connectivity index is 2.29. The molecule has 0 bridgehead atoms. The van der Waals surface area contributed by atoms with Crippen LogP contribution in [0.4, 0.5) is 5.82 Å². The van der Waals surface area contributed by atoms with Crippen molar-refractivity contribution in [2.24, 2.45) is 0 Å². The normalized spacial score (nSPS) is 16.3. The SMILES string of the molecule is CCCN(c1ncccc1C(=O)O)C1CCNCC1. The van der Waals surface area contributed by atoms with Gasteiger partial charge in [-0.05, 0) is 44.5 Å². The molecule has 1 aliphatic rings. The summed E-state index contributed by atoms with van der Waals surface area (Å²) in [6, 6.07) is 3.70. The van der Waals surface area contributed by atoms with E-state index in [0.717, 1.165) is 38.9 Å². The van der Waals surface area contributed by atoms with E-state index in [-0.39, 0.29) is 0 Å². The number of hydrogen-bond donors (Lipinski definition) is 2. The van der Waals surface area contributed by atoms with Gasteiger partial charge in [-0.1, -0.05) is 6.92 Å². The number of aromatic carboxylic acids is 1. The molecule has 0 unspecified atom stereocenters. The highest BCUT2D eigenvalue weighted by Crippen LogP contribution is 2.23. The minimum atomic E-state index is -0.905. The Hall–Kier alpha value is -1.62. The fraction of sp³-hybridized carbons (Fsp3) is 0.571. The van der Waals surface area contributed by atoms with Crippen molar-refractivity contribution in [3.63, 3.8) is 0 Å². The lowest BCUT2D eigenvalue weighted by molar-refractivity contribution is 0.0697. The molecular formula is C14H21N3O2. The van der Waals surface area contributed by atoms with Gasteiger partial charge in [0.2, 0.25) is 0 Å². The molecule has 1 aromatic rings. The predicted molar refractivity (Wildman–Crippen MR) is 74.7 cm³/mol. The molecule has 1 fully saturated rings. The van der Waals surface area contributed by atoms with Crippen molar-refractivity contribution < 1.29 is 9.90 Å². The Morgan fingerprint density at radius 1 is 1.53 bits per heavy atom. The van der Waals surface area contributed by atoms with Crippen molar-refractivity contribution in [2.45, 2.75) is 32.2 Å². The van der Waals surface area contributed by atoms with Crippen molar-refractivity contribution in [2.75, 3.05) is 24.5 Å². The van der Waals surface area contributed by atoms with Crippen LogP contribution >= 0.6 is 0 Å². The van der Waals surface area contributed by atoms with Gasteiger partial charge in [-0.25, -0.2) is 9.78 Å². The van der Waals surface area contributed by atoms with Crippen molar-refractivity contribution in [1.82, 2.24) is 10.3 Å². The molecule has 0 saturated carbocycles. The number of carbonyl (C=O) groups is 1. The zero-order chi connectivity index (χ0) is 13.7. The molecular weight excluding hydrogens is 242 g/mol. The summed E-state index contributed by atoms with van der Waals surface area (Å²) in [6.45, 7) is 4.93. The minimum absolute atomic E-state index is 0.300. The van der Waals surface area contributed by atoms with E-state index in [9.17, 15) is 9.90 Å². The second-order valence-electron chi connectivity index (χ2n) is 4.85. The lowest BCUT2D eigenvalue weighted by Crippen LogP contribution is -2.44. The van der Waals surface area contributed by atoms with Crippen LogP contribution in [0.5, 0.6) is 0 Å². The molecule has 1 aromatic heterocycles. The first-order valence-corrected chi connectivity index (χ1v) is 6.89. The van der Waals surface area contributed by atoms with E-state index in [1.807, 2.05) is 0 Å². The van der Waals surface area contributed by atoms with Gasteiger partial charge < -0.3 is 15.3 Å². The molecule has 2 N–H and O–H groups in total. The predicted octanol–water partition coefficient (Wildman–Crippen LogP) is 1.75. The summed E-state index contributed by atoms with van der Waals surface area (Å²) in [7, 11) is 0. The summed E-state index contributed by atoms with van der Waals surface area (Å²) < 4.78 is 0. The molecule has 0 amide bonds. The number of pyridine rings is 1. The number of carboxylic acids is 1. The molecule has 19 heavy (non-hydrogen) atoms. The quantitative estimate of drug-likeness (QED) is 0.847. The minimum Gasteiger partial charge on any atom is -0.478 e. The number of nitrogens with zero attached hydrogens (tertiary/aromatic N) is 2. The number of rotatable bonds is 5. The standard InChI is InChI=1S/C14H21N3O2/c1-2-10-17(11-5-8-15-9-6-11)13-12(14(18)19)4-3-7-16-13/h3-4,7,11,15H,2,5-6,8-10H2,1H3,(H,18,19). The average molecular weight is 263 g/mol. The average Bonchev–Trinajstić information content (AvgIpc) is 2.45. The van der Waals surface area contributed by atoms with Gasteiger partial charge in [0.05, 0.1) is 0 Å². The van der Waals surface area contributed by atoms with Crippen LogP contribution in [0.3, 0.4) is 0 Å². The van der Waals surface area contributed by atoms with Crippen LogP contribution in [0.15, 0.2) is 18.3 Å². The van der Waals surface area contributed by atoms with E-state index < -0.39 is 5.97 Å². The Kier molecular flexibility index (Phi) is 4.74. The third-order valence-corrected chi connectivity index (χ3v) is 3.50. The van der Waals surface area contributed by atoms with Crippen molar-refractivity contribution in [3.05, 3.63) is 23.9 Å². The molecule has 0 radical (unpaired) electrons. The molecule has 1 aliphatic heterocycles. The first-order valence-electron chi connectivity index (χ1n) is 6.89. The molecule has 0 spiro atoms. The van der Waals surface area contributed by atoms with Crippen LogP contribution in [0.1, 0.15) is 36.5 Å². The van der Waals surface area contributed by atoms with Crippen LogP contribution in [-0.2, 0) is 0 Å². The van der Waals surface area contributed by atoms with Crippen LogP contribution in [-0.4, -0.2) is 41.7 Å². The zero-order valence-electron chi connectivity index (χ0n) is 11.3. The number of nitrogens with one attached hydrogen (secondary N) is 1. The largest absolute Gasteiger partial charge is 0.478 e. The maximum atomic E-state index is 11.3. The third-order valence-electron chi connectivity index (χ3n) is 3.50. The zero-order valence-corrected chi connectivity index (χ0v) is 11.3. The fourth-order valence-electron chi connectivity index (χ4n) is 2.61. The van der Waals surface area contributed by atoms with Gasteiger partial charge in [0, 0.05) is 18.8 Å². The highest BCUT2D eigenvalue weighted by atomic mass is 16.4. The topological polar surface area (TPSA) is 65.5 Å². The summed E-state index contributed by atoms with van der Waals surface area (Å²) in [5.74, 6) is -0.290. The second kappa shape index (κ2) is 6.52. The molecule has 2 rings (SSSR count). The van der Waals surface area contributed by atoms with E-state index in [4.69, 9.17) is 0 Å². The van der Waals surface area contributed by atoms with E-state index in [1.54, 1.807) is 18.3 Å². The van der Waals surface area contributed by atoms with E-state index in [2.05, 4.69) is 22.1 Å². The highest BCUT2D eigenvalue weighted by molar-refractivity contribution is 5.93. The van der Waals surface area contributed by atoms with Gasteiger partial charge in [-0.2, -0.15) is 0 Å². The van der Waals surface area contributed by atoms with Crippen LogP contribution < -0.4 is 10.2 Å². The Bertz CT molecular complexity index is 430. The molecule has 0 aromatic carbocycles. The third kappa shape index (κ3) is 3.23. The summed E-state index contributed by atoms with van der Waals surface area (Å²) in [4.78, 5) is 17.8. The van der Waals surface area contributed by atoms with Gasteiger partial charge in [0.15, 0.2) is 0 Å². The van der Waals surface area contributed by atoms with Gasteiger partial charge >= 0.3 is 5.97 Å². The van der Waals surface area contributed by atoms with E-state index >= 15 is 0 Å². The Morgan fingerprint density at radius 2 is 2.26 bits per heavy atom. The summed E-state index contributed by atoms with van der Waals surface area (Å²) in [5.41, 5.74) is 0.300. The molecule has 5 heteroatoms. The summed E-state index contributed by atoms with van der Waals surface area (Å²) in [5, 5.41) is 12.6. The van der Waals surface area contributed by atoms with Crippen LogP contribution in [0, 0.1) is 0 Å². The number of carboxylic acid groups (broad SMARTS) is 1. The van der Waals surface area contributed by atoms with Crippen LogP contribution in [0.2, 0.25) is 0 Å². The number of piperidine rings is 1. The molecule has 2 heterocycles. The molecule has 104 valence electrons. The van der Waals surface area contributed by atoms with Gasteiger partial charge in [0.1, 0.15) is 11.4 Å². The van der Waals surface area contributed by atoms with Gasteiger partial charge in [-0.3, -0.25) is 0 Å². The lowest BCUT2D eigenvalue weighted by Gasteiger charge is -2.36. The van der Waals surface area contributed by atoms with Gasteiger partial charge in [0.25, 0.3) is 0 Å². The Morgan fingerprint density at radius 3 is 2.89 bits per heavy atom. The molecule has 5 nitrogen and oxygen atoms in total. The molecule has 0 aliphatic carbocycles. The smallest absolute Gasteiger partial charge is 0.339 e. The van der Waals surface area contributed by atoms with Crippen molar-refractivity contribution >= 4 is 11.8 Å². The van der Waals surface area contributed by atoms with Gasteiger partial charge in [-0.15, -0.1) is 0 Å². The number of aromatic nitrogens is 1. The summed E-state index contributed by atoms with van der Waals surface area (Å²) in [6.07, 6.45) is 4.73. The maximum absolute atomic E-state index is 11.3. The molecule has 1 saturated heterocycles. The van der Waals surface area contributed by atoms with Crippen LogP contribution in [0.25, 0.3) is 0 Å². The number of anilines is 1. The van der Waals surface area contributed by atoms with E-state index in [1.165, 1.54) is 0 Å². The maximum Gasteiger partial charge on any atom is 0.339 e. The molecule has 0 atom stereocenters. The summed E-state index contributed by atoms with van der Waals surface area (Å²) >= 11 is 0. The first kappa shape index (κ1) is 13.8. The lowest BCUT2D eigenvalue weighted by atomic mass is 10.0. The Labute approximate surface area is 113 Å². The second-order valence-corrected chi connectivity index (χ2v) is 4.85. The van der Waals surface area contributed by atoms with Crippen molar-refractivity contribution in [1.29, 1.82) is 0 Å². The van der Waals surface area contributed by atoms with Crippen molar-refractivity contribution in [3.8, 4) is 0 Å². The first-order chi connectivity index (χ1) is 9.24. The number of hydrogen-bond acceptors (Lipinski definition) is 4. The highest BCUT2D eigenvalue weighted by Gasteiger charge is 2.25.